The molecule has 0 bridgehead atoms. The third kappa shape index (κ3) is 1.36. The summed E-state index contributed by atoms with van der Waals surface area (Å²) >= 11 is 0. The summed E-state index contributed by atoms with van der Waals surface area (Å²) in [5.74, 6) is -2.66. The second-order valence-electron chi connectivity index (χ2n) is 2.53. The maximum atomic E-state index is 10.8. The molecular weight excluding hydrogens is 166 g/mol. The third-order valence-electron chi connectivity index (χ3n) is 1.71. The molecule has 1 unspecified atom stereocenters. The lowest BCUT2D eigenvalue weighted by Crippen LogP contribution is -2.31. The van der Waals surface area contributed by atoms with Crippen LogP contribution in [0.15, 0.2) is 0 Å². The molecule has 1 rings (SSSR count). The molecule has 12 heavy (non-hydrogen) atoms. The van der Waals surface area contributed by atoms with Gasteiger partial charge in [0.15, 0.2) is 0 Å². The minimum atomic E-state index is -1.39. The quantitative estimate of drug-likeness (QED) is 0.562. The van der Waals surface area contributed by atoms with Crippen LogP contribution in [0.1, 0.15) is 6.42 Å². The van der Waals surface area contributed by atoms with Crippen LogP contribution >= 0.6 is 0 Å². The van der Waals surface area contributed by atoms with Gasteiger partial charge in [0.05, 0.1) is 5.92 Å². The van der Waals surface area contributed by atoms with E-state index in [1.54, 1.807) is 0 Å². The highest BCUT2D eigenvalue weighted by Crippen LogP contribution is 2.17. The minimum absolute atomic E-state index is 0.221. The Kier molecular flexibility index (Phi) is 1.99. The molecule has 66 valence electrons. The van der Waals surface area contributed by atoms with Gasteiger partial charge in [-0.15, -0.1) is 0 Å². The average molecular weight is 173 g/mol. The molecule has 6 heteroatoms. The van der Waals surface area contributed by atoms with E-state index in [9.17, 15) is 14.4 Å². The fraction of sp³-hybridized carbons (Fsp3) is 0.500. The summed E-state index contributed by atoms with van der Waals surface area (Å²) in [6, 6.07) is 0. The number of aliphatic carboxylic acids is 1. The van der Waals surface area contributed by atoms with E-state index < -0.39 is 23.9 Å². The molecule has 1 fully saturated rings. The first-order chi connectivity index (χ1) is 5.52. The topological polar surface area (TPSA) is 94.9 Å². The van der Waals surface area contributed by atoms with Crippen molar-refractivity contribution in [2.45, 2.75) is 6.42 Å². The maximum absolute atomic E-state index is 10.8. The molecule has 0 saturated carbocycles. The van der Waals surface area contributed by atoms with Gasteiger partial charge in [-0.25, -0.2) is 9.69 Å². The van der Waals surface area contributed by atoms with E-state index in [1.165, 1.54) is 0 Å². The molecule has 0 aromatic rings. The van der Waals surface area contributed by atoms with Gasteiger partial charge in [-0.05, 0) is 0 Å². The Labute approximate surface area is 67.4 Å². The van der Waals surface area contributed by atoms with Gasteiger partial charge in [0.25, 0.3) is 0 Å². The normalized spacial score (nSPS) is 22.8. The van der Waals surface area contributed by atoms with Crippen LogP contribution in [-0.4, -0.2) is 39.6 Å². The molecule has 0 radical (unpaired) electrons. The van der Waals surface area contributed by atoms with Crippen LogP contribution in [0.25, 0.3) is 0 Å². The molecule has 6 nitrogen and oxygen atoms in total. The summed E-state index contributed by atoms with van der Waals surface area (Å²) in [5.41, 5.74) is 0. The lowest BCUT2D eigenvalue weighted by atomic mass is 10.1. The Morgan fingerprint density at radius 1 is 1.42 bits per heavy atom. The minimum Gasteiger partial charge on any atom is -0.481 e. The lowest BCUT2D eigenvalue weighted by molar-refractivity contribution is -0.141. The van der Waals surface area contributed by atoms with Crippen LogP contribution in [0, 0.1) is 5.92 Å². The van der Waals surface area contributed by atoms with Gasteiger partial charge in [0.1, 0.15) is 0 Å². The van der Waals surface area contributed by atoms with Crippen molar-refractivity contribution in [3.63, 3.8) is 0 Å². The van der Waals surface area contributed by atoms with E-state index in [0.29, 0.717) is 4.90 Å². The zero-order chi connectivity index (χ0) is 9.30. The molecule has 1 saturated heterocycles. The van der Waals surface area contributed by atoms with Gasteiger partial charge in [-0.1, -0.05) is 0 Å². The summed E-state index contributed by atoms with van der Waals surface area (Å²) < 4.78 is 0. The molecular formula is C6H7NO5. The van der Waals surface area contributed by atoms with Crippen molar-refractivity contribution in [3.8, 4) is 0 Å². The van der Waals surface area contributed by atoms with E-state index >= 15 is 0 Å². The number of carboxylic acids is 1. The number of carbonyl (C=O) groups excluding carboxylic acids is 1. The Balaban J connectivity index is 2.68. The Morgan fingerprint density at radius 2 is 2.00 bits per heavy atom. The molecule has 2 amide bonds. The lowest BCUT2D eigenvalue weighted by Gasteiger charge is -2.07. The van der Waals surface area contributed by atoms with Crippen LogP contribution in [0.4, 0.5) is 4.79 Å². The molecule has 1 heterocycles. The number of nitrogens with zero attached hydrogens (tertiary/aromatic N) is 1. The van der Waals surface area contributed by atoms with Crippen molar-refractivity contribution in [2.24, 2.45) is 5.92 Å². The smallest absolute Gasteiger partial charge is 0.414 e. The molecule has 1 aliphatic heterocycles. The van der Waals surface area contributed by atoms with Gasteiger partial charge < -0.3 is 10.2 Å². The number of imide groups is 1. The Morgan fingerprint density at radius 3 is 2.25 bits per heavy atom. The third-order valence-corrected chi connectivity index (χ3v) is 1.71. The van der Waals surface area contributed by atoms with Crippen molar-refractivity contribution in [2.75, 3.05) is 6.54 Å². The number of carbonyl (C=O) groups is 3. The summed E-state index contributed by atoms with van der Waals surface area (Å²) in [5, 5.41) is 16.9. The van der Waals surface area contributed by atoms with Crippen molar-refractivity contribution >= 4 is 18.0 Å². The first kappa shape index (κ1) is 8.51. The van der Waals surface area contributed by atoms with Crippen LogP contribution in [0.2, 0.25) is 0 Å². The zero-order valence-corrected chi connectivity index (χ0v) is 6.06. The fourth-order valence-electron chi connectivity index (χ4n) is 1.06. The van der Waals surface area contributed by atoms with Crippen LogP contribution in [0.5, 0.6) is 0 Å². The molecule has 0 spiro atoms. The number of carboxylic acid groups (broad SMARTS) is 2. The maximum Gasteiger partial charge on any atom is 0.414 e. The highest BCUT2D eigenvalue weighted by Gasteiger charge is 2.37. The highest BCUT2D eigenvalue weighted by atomic mass is 16.4. The zero-order valence-electron chi connectivity index (χ0n) is 6.06. The Bertz CT molecular complexity index is 248. The van der Waals surface area contributed by atoms with Gasteiger partial charge >= 0.3 is 12.1 Å². The summed E-state index contributed by atoms with van der Waals surface area (Å²) in [4.78, 5) is 32.0. The molecule has 0 aromatic carbocycles. The standard InChI is InChI=1S/C6H7NO5/c8-4-1-3(5(9)10)2-7(4)6(11)12/h3H,1-2H2,(H,9,10)(H,11,12). The van der Waals surface area contributed by atoms with Gasteiger partial charge in [0, 0.05) is 13.0 Å². The first-order valence-corrected chi connectivity index (χ1v) is 3.28. The van der Waals surface area contributed by atoms with E-state index in [1.807, 2.05) is 0 Å². The summed E-state index contributed by atoms with van der Waals surface area (Å²) in [6.07, 6.45) is -1.61. The number of hydrogen-bond donors (Lipinski definition) is 2. The fourth-order valence-corrected chi connectivity index (χ4v) is 1.06. The predicted octanol–water partition coefficient (Wildman–Crippen LogP) is -0.402. The Hall–Kier alpha value is -1.59. The predicted molar refractivity (Wildman–Crippen MR) is 35.5 cm³/mol. The SMILES string of the molecule is O=C(O)C1CC(=O)N(C(=O)O)C1. The van der Waals surface area contributed by atoms with Crippen molar-refractivity contribution in [1.29, 1.82) is 0 Å². The van der Waals surface area contributed by atoms with Gasteiger partial charge in [-0.3, -0.25) is 9.59 Å². The van der Waals surface area contributed by atoms with Gasteiger partial charge in [-0.2, -0.15) is 0 Å². The van der Waals surface area contributed by atoms with Gasteiger partial charge in [0.2, 0.25) is 5.91 Å². The first-order valence-electron chi connectivity index (χ1n) is 3.28. The molecule has 1 aliphatic rings. The number of rotatable bonds is 1. The number of hydrogen-bond acceptors (Lipinski definition) is 3. The largest absolute Gasteiger partial charge is 0.481 e. The van der Waals surface area contributed by atoms with Crippen LogP contribution in [-0.2, 0) is 9.59 Å². The second-order valence-corrected chi connectivity index (χ2v) is 2.53. The van der Waals surface area contributed by atoms with E-state index in [0.717, 1.165) is 0 Å². The van der Waals surface area contributed by atoms with Crippen LogP contribution < -0.4 is 0 Å². The molecule has 2 N–H and O–H groups in total. The second kappa shape index (κ2) is 2.80. The molecule has 1 atom stereocenters. The van der Waals surface area contributed by atoms with Crippen molar-refractivity contribution in [3.05, 3.63) is 0 Å². The van der Waals surface area contributed by atoms with Crippen LogP contribution in [0.3, 0.4) is 0 Å². The van der Waals surface area contributed by atoms with E-state index in [-0.39, 0.29) is 13.0 Å². The van der Waals surface area contributed by atoms with E-state index in [4.69, 9.17) is 10.2 Å². The number of likely N-dealkylation sites (tertiary alicyclic amines) is 1. The van der Waals surface area contributed by atoms with E-state index in [2.05, 4.69) is 0 Å². The monoisotopic (exact) mass is 173 g/mol. The molecule has 0 aliphatic carbocycles. The summed E-state index contributed by atoms with van der Waals surface area (Å²) in [6.45, 7) is -0.233. The average Bonchev–Trinajstić information content (AvgIpc) is 2.30. The molecule has 0 aromatic heterocycles. The highest BCUT2D eigenvalue weighted by molar-refractivity contribution is 5.96. The number of amides is 2. The van der Waals surface area contributed by atoms with Crippen molar-refractivity contribution < 1.29 is 24.6 Å². The van der Waals surface area contributed by atoms with Crippen molar-refractivity contribution in [1.82, 2.24) is 4.90 Å². The summed E-state index contributed by atoms with van der Waals surface area (Å²) in [7, 11) is 0.